The minimum atomic E-state index is 0.688. The van der Waals surface area contributed by atoms with E-state index in [1.165, 1.54) is 25.7 Å². The van der Waals surface area contributed by atoms with Crippen molar-refractivity contribution in [1.82, 2.24) is 5.43 Å². The molecule has 2 nitrogen and oxygen atoms in total. The van der Waals surface area contributed by atoms with Crippen LogP contribution in [0.1, 0.15) is 32.1 Å². The number of hydrogen-bond donors (Lipinski definition) is 2. The monoisotopic (exact) mass is 192 g/mol. The van der Waals surface area contributed by atoms with E-state index in [1.807, 2.05) is 0 Å². The second kappa shape index (κ2) is 2.53. The lowest BCUT2D eigenvalue weighted by Gasteiger charge is -2.18. The second-order valence-corrected chi connectivity index (χ2v) is 6.10. The summed E-state index contributed by atoms with van der Waals surface area (Å²) in [5, 5.41) is 0. The Bertz CT molecular complexity index is 245. The minimum absolute atomic E-state index is 0.688. The topological polar surface area (TPSA) is 38.0 Å². The van der Waals surface area contributed by atoms with Crippen molar-refractivity contribution in [2.45, 2.75) is 38.1 Å². The van der Waals surface area contributed by atoms with Crippen LogP contribution in [0, 0.1) is 35.5 Å². The molecule has 4 saturated carbocycles. The lowest BCUT2D eigenvalue weighted by atomic mass is 9.95. The molecule has 0 aromatic heterocycles. The quantitative estimate of drug-likeness (QED) is 0.525. The fourth-order valence-electron chi connectivity index (χ4n) is 4.89. The van der Waals surface area contributed by atoms with Crippen molar-refractivity contribution in [2.75, 3.05) is 0 Å². The smallest absolute Gasteiger partial charge is 0.0272 e. The molecule has 4 fully saturated rings. The van der Waals surface area contributed by atoms with Crippen LogP contribution in [0.3, 0.4) is 0 Å². The molecule has 0 spiro atoms. The SMILES string of the molecule is NNC(C1CC1)C1C2C3CCC(C3)C21. The highest BCUT2D eigenvalue weighted by Gasteiger charge is 2.67. The van der Waals surface area contributed by atoms with Crippen LogP contribution in [0.25, 0.3) is 0 Å². The lowest BCUT2D eigenvalue weighted by Crippen LogP contribution is -2.40. The van der Waals surface area contributed by atoms with E-state index in [-0.39, 0.29) is 0 Å². The zero-order valence-electron chi connectivity index (χ0n) is 8.65. The standard InChI is InChI=1S/C12H20N2/c13-14-12(6-1-2-6)11-9-7-3-4-8(5-7)10(9)11/h6-12,14H,1-5,13H2. The first-order valence-electron chi connectivity index (χ1n) is 6.36. The van der Waals surface area contributed by atoms with Crippen LogP contribution in [0.15, 0.2) is 0 Å². The summed E-state index contributed by atoms with van der Waals surface area (Å²) in [6.07, 6.45) is 7.49. The zero-order chi connectivity index (χ0) is 9.28. The van der Waals surface area contributed by atoms with Crippen molar-refractivity contribution in [3.05, 3.63) is 0 Å². The Morgan fingerprint density at radius 2 is 1.64 bits per heavy atom. The third kappa shape index (κ3) is 0.892. The van der Waals surface area contributed by atoms with Crippen LogP contribution in [-0.4, -0.2) is 6.04 Å². The van der Waals surface area contributed by atoms with Gasteiger partial charge in [-0.05, 0) is 67.6 Å². The summed E-state index contributed by atoms with van der Waals surface area (Å²) in [5.41, 5.74) is 3.12. The molecule has 4 aliphatic rings. The van der Waals surface area contributed by atoms with E-state index in [1.54, 1.807) is 6.42 Å². The Labute approximate surface area is 85.6 Å². The van der Waals surface area contributed by atoms with Gasteiger partial charge in [0.1, 0.15) is 0 Å². The highest BCUT2D eigenvalue weighted by molar-refractivity contribution is 5.17. The maximum Gasteiger partial charge on any atom is 0.0272 e. The van der Waals surface area contributed by atoms with Crippen molar-refractivity contribution < 1.29 is 0 Å². The first kappa shape index (κ1) is 8.12. The van der Waals surface area contributed by atoms with Gasteiger partial charge < -0.3 is 0 Å². The summed E-state index contributed by atoms with van der Waals surface area (Å²) in [4.78, 5) is 0. The van der Waals surface area contributed by atoms with Crippen molar-refractivity contribution in [3.8, 4) is 0 Å². The molecule has 78 valence electrons. The molecule has 0 aliphatic heterocycles. The van der Waals surface area contributed by atoms with Gasteiger partial charge in [0, 0.05) is 6.04 Å². The highest BCUT2D eigenvalue weighted by atomic mass is 15.2. The van der Waals surface area contributed by atoms with E-state index in [9.17, 15) is 0 Å². The van der Waals surface area contributed by atoms with Gasteiger partial charge in [-0.2, -0.15) is 0 Å². The number of hydrogen-bond acceptors (Lipinski definition) is 2. The van der Waals surface area contributed by atoms with E-state index in [4.69, 9.17) is 5.84 Å². The first-order valence-corrected chi connectivity index (χ1v) is 6.36. The number of fused-ring (bicyclic) bond motifs is 5. The van der Waals surface area contributed by atoms with Crippen LogP contribution in [-0.2, 0) is 0 Å². The predicted molar refractivity (Wildman–Crippen MR) is 55.1 cm³/mol. The molecule has 0 heterocycles. The van der Waals surface area contributed by atoms with Crippen LogP contribution >= 0.6 is 0 Å². The van der Waals surface area contributed by atoms with Gasteiger partial charge >= 0.3 is 0 Å². The highest BCUT2D eigenvalue weighted by Crippen LogP contribution is 2.71. The van der Waals surface area contributed by atoms with Gasteiger partial charge in [0.05, 0.1) is 0 Å². The molecule has 0 amide bonds. The van der Waals surface area contributed by atoms with E-state index in [0.717, 1.165) is 35.5 Å². The summed E-state index contributed by atoms with van der Waals surface area (Å²) >= 11 is 0. The molecule has 0 aromatic rings. The average molecular weight is 192 g/mol. The molecule has 0 radical (unpaired) electrons. The fourth-order valence-corrected chi connectivity index (χ4v) is 4.89. The van der Waals surface area contributed by atoms with E-state index < -0.39 is 0 Å². The third-order valence-electron chi connectivity index (χ3n) is 5.53. The summed E-state index contributed by atoms with van der Waals surface area (Å²) in [6.45, 7) is 0. The summed E-state index contributed by atoms with van der Waals surface area (Å²) < 4.78 is 0. The van der Waals surface area contributed by atoms with Gasteiger partial charge in [0.15, 0.2) is 0 Å². The molecule has 5 unspecified atom stereocenters. The van der Waals surface area contributed by atoms with Gasteiger partial charge in [-0.25, -0.2) is 0 Å². The maximum absolute atomic E-state index is 5.72. The van der Waals surface area contributed by atoms with Crippen LogP contribution < -0.4 is 11.3 Å². The fraction of sp³-hybridized carbons (Fsp3) is 1.00. The van der Waals surface area contributed by atoms with E-state index >= 15 is 0 Å². The summed E-state index contributed by atoms with van der Waals surface area (Å²) in [7, 11) is 0. The normalized spacial score (nSPS) is 55.9. The van der Waals surface area contributed by atoms with E-state index in [2.05, 4.69) is 5.43 Å². The summed E-state index contributed by atoms with van der Waals surface area (Å²) in [6, 6.07) is 0.688. The molecule has 14 heavy (non-hydrogen) atoms. The average Bonchev–Trinajstić information content (AvgIpc) is 3.10. The second-order valence-electron chi connectivity index (χ2n) is 6.10. The molecule has 3 N–H and O–H groups in total. The number of nitrogens with two attached hydrogens (primary N) is 1. The van der Waals surface area contributed by atoms with Crippen molar-refractivity contribution >= 4 is 0 Å². The van der Waals surface area contributed by atoms with Crippen LogP contribution in [0.4, 0.5) is 0 Å². The Kier molecular flexibility index (Phi) is 1.47. The van der Waals surface area contributed by atoms with Crippen molar-refractivity contribution in [1.29, 1.82) is 0 Å². The number of rotatable bonds is 3. The molecule has 2 bridgehead atoms. The van der Waals surface area contributed by atoms with Gasteiger partial charge in [-0.1, -0.05) is 0 Å². The predicted octanol–water partition coefficient (Wildman–Crippen LogP) is 1.52. The molecule has 4 rings (SSSR count). The van der Waals surface area contributed by atoms with Gasteiger partial charge in [0.25, 0.3) is 0 Å². The number of hydrazine groups is 1. The molecular weight excluding hydrogens is 172 g/mol. The molecule has 0 saturated heterocycles. The Morgan fingerprint density at radius 1 is 1.00 bits per heavy atom. The molecule has 4 aliphatic carbocycles. The maximum atomic E-state index is 5.72. The molecule has 0 aromatic carbocycles. The van der Waals surface area contributed by atoms with Crippen LogP contribution in [0.5, 0.6) is 0 Å². The van der Waals surface area contributed by atoms with Crippen molar-refractivity contribution in [2.24, 2.45) is 41.4 Å². The Hall–Kier alpha value is -0.0800. The van der Waals surface area contributed by atoms with Crippen LogP contribution in [0.2, 0.25) is 0 Å². The summed E-state index contributed by atoms with van der Waals surface area (Å²) in [5.74, 6) is 12.0. The lowest BCUT2D eigenvalue weighted by molar-refractivity contribution is 0.340. The Morgan fingerprint density at radius 3 is 2.14 bits per heavy atom. The molecule has 5 atom stereocenters. The van der Waals surface area contributed by atoms with E-state index in [0.29, 0.717) is 6.04 Å². The van der Waals surface area contributed by atoms with Gasteiger partial charge in [-0.15, -0.1) is 0 Å². The first-order chi connectivity index (χ1) is 6.90. The molecule has 2 heteroatoms. The largest absolute Gasteiger partial charge is 0.271 e. The Balaban J connectivity index is 1.53. The van der Waals surface area contributed by atoms with Gasteiger partial charge in [-0.3, -0.25) is 11.3 Å². The van der Waals surface area contributed by atoms with Crippen molar-refractivity contribution in [3.63, 3.8) is 0 Å². The minimum Gasteiger partial charge on any atom is -0.271 e. The number of nitrogens with one attached hydrogen (secondary N) is 1. The zero-order valence-corrected chi connectivity index (χ0v) is 8.65. The third-order valence-corrected chi connectivity index (χ3v) is 5.53. The van der Waals surface area contributed by atoms with Gasteiger partial charge in [0.2, 0.25) is 0 Å². The molecular formula is C12H20N2.